The minimum absolute atomic E-state index is 0.00327. The molecule has 110 valence electrons. The summed E-state index contributed by atoms with van der Waals surface area (Å²) < 4.78 is 0. The third-order valence-corrected chi connectivity index (χ3v) is 2.79. The van der Waals surface area contributed by atoms with Crippen molar-refractivity contribution in [1.29, 1.82) is 0 Å². The molecule has 20 heavy (non-hydrogen) atoms. The number of amides is 1. The maximum atomic E-state index is 11.9. The zero-order valence-corrected chi connectivity index (χ0v) is 13.0. The van der Waals surface area contributed by atoms with Crippen LogP contribution < -0.4 is 4.90 Å². The average Bonchev–Trinajstić information content (AvgIpc) is 2.38. The molecule has 0 saturated heterocycles. The van der Waals surface area contributed by atoms with Gasteiger partial charge in [-0.25, -0.2) is 4.98 Å². The quantitative estimate of drug-likeness (QED) is 0.733. The first kappa shape index (κ1) is 16.2. The fraction of sp³-hybridized carbons (Fsp3) is 0.467. The van der Waals surface area contributed by atoms with Gasteiger partial charge in [0.25, 0.3) is 0 Å². The van der Waals surface area contributed by atoms with Crippen LogP contribution in [0.15, 0.2) is 30.5 Å². The predicted octanol–water partition coefficient (Wildman–Crippen LogP) is 1.22. The van der Waals surface area contributed by atoms with Crippen molar-refractivity contribution in [3.8, 4) is 0 Å². The van der Waals surface area contributed by atoms with Crippen molar-refractivity contribution >= 4 is 11.7 Å². The van der Waals surface area contributed by atoms with Crippen molar-refractivity contribution in [1.82, 2.24) is 14.8 Å². The van der Waals surface area contributed by atoms with E-state index in [2.05, 4.69) is 4.98 Å². The van der Waals surface area contributed by atoms with E-state index in [9.17, 15) is 4.79 Å². The number of anilines is 1. The maximum absolute atomic E-state index is 11.9. The second kappa shape index (κ2) is 7.65. The molecule has 1 heterocycles. The van der Waals surface area contributed by atoms with Crippen LogP contribution in [0.1, 0.15) is 5.56 Å². The monoisotopic (exact) mass is 276 g/mol. The number of carbonyl (C=O) groups excluding carboxylic acids is 1. The highest BCUT2D eigenvalue weighted by atomic mass is 16.2. The summed E-state index contributed by atoms with van der Waals surface area (Å²) in [5.74, 6) is 0.914. The third-order valence-electron chi connectivity index (χ3n) is 2.79. The number of hydrogen-bond acceptors (Lipinski definition) is 4. The molecule has 5 nitrogen and oxygen atoms in total. The Bertz CT molecular complexity index is 451. The van der Waals surface area contributed by atoms with Gasteiger partial charge in [-0.05, 0) is 25.7 Å². The standard InChI is InChI=1S/C15H24N4O/c1-17(2)10-6-7-15(20)19(5)12-13-8-9-14(16-11-13)18(3)4/h6-9,11H,10,12H2,1-5H3/b7-6+. The molecule has 1 aromatic rings. The van der Waals surface area contributed by atoms with E-state index in [4.69, 9.17) is 0 Å². The zero-order chi connectivity index (χ0) is 15.1. The molecule has 5 heteroatoms. The molecule has 0 unspecified atom stereocenters. The van der Waals surface area contributed by atoms with Crippen molar-refractivity contribution in [3.63, 3.8) is 0 Å². The number of aromatic nitrogens is 1. The second-order valence-corrected chi connectivity index (χ2v) is 5.28. The van der Waals surface area contributed by atoms with Gasteiger partial charge >= 0.3 is 0 Å². The molecule has 0 bridgehead atoms. The minimum Gasteiger partial charge on any atom is -0.363 e. The highest BCUT2D eigenvalue weighted by Crippen LogP contribution is 2.09. The zero-order valence-electron chi connectivity index (χ0n) is 13.0. The van der Waals surface area contributed by atoms with Gasteiger partial charge in [-0.1, -0.05) is 12.1 Å². The fourth-order valence-corrected chi connectivity index (χ4v) is 1.62. The van der Waals surface area contributed by atoms with Gasteiger partial charge in [0.05, 0.1) is 0 Å². The predicted molar refractivity (Wildman–Crippen MR) is 82.7 cm³/mol. The lowest BCUT2D eigenvalue weighted by Gasteiger charge is -2.16. The largest absolute Gasteiger partial charge is 0.363 e. The molecule has 0 fully saturated rings. The molecule has 1 aromatic heterocycles. The van der Waals surface area contributed by atoms with Crippen molar-refractivity contribution in [2.45, 2.75) is 6.54 Å². The van der Waals surface area contributed by atoms with Gasteiger partial charge in [0, 0.05) is 46.5 Å². The van der Waals surface area contributed by atoms with Gasteiger partial charge in [0.2, 0.25) is 5.91 Å². The highest BCUT2D eigenvalue weighted by Gasteiger charge is 2.06. The molecular weight excluding hydrogens is 252 g/mol. The lowest BCUT2D eigenvalue weighted by atomic mass is 10.2. The smallest absolute Gasteiger partial charge is 0.246 e. The van der Waals surface area contributed by atoms with Crippen LogP contribution in [0, 0.1) is 0 Å². The first-order valence-corrected chi connectivity index (χ1v) is 6.58. The van der Waals surface area contributed by atoms with Gasteiger partial charge in [-0.2, -0.15) is 0 Å². The molecule has 0 aliphatic carbocycles. The van der Waals surface area contributed by atoms with Gasteiger partial charge in [0.15, 0.2) is 0 Å². The first-order chi connectivity index (χ1) is 9.40. The molecular formula is C15H24N4O. The van der Waals surface area contributed by atoms with E-state index < -0.39 is 0 Å². The molecule has 0 N–H and O–H groups in total. The summed E-state index contributed by atoms with van der Waals surface area (Å²) in [7, 11) is 9.63. The van der Waals surface area contributed by atoms with Gasteiger partial charge in [-0.3, -0.25) is 4.79 Å². The Balaban J connectivity index is 2.54. The summed E-state index contributed by atoms with van der Waals surface area (Å²) in [4.78, 5) is 21.9. The molecule has 0 aliphatic heterocycles. The van der Waals surface area contributed by atoms with E-state index in [0.29, 0.717) is 6.54 Å². The molecule has 0 spiro atoms. The van der Waals surface area contributed by atoms with Crippen LogP contribution in [0.25, 0.3) is 0 Å². The van der Waals surface area contributed by atoms with Crippen LogP contribution in [0.5, 0.6) is 0 Å². The molecule has 0 saturated carbocycles. The number of hydrogen-bond donors (Lipinski definition) is 0. The summed E-state index contributed by atoms with van der Waals surface area (Å²) in [6.45, 7) is 1.32. The number of nitrogens with zero attached hydrogens (tertiary/aromatic N) is 4. The third kappa shape index (κ3) is 5.40. The van der Waals surface area contributed by atoms with E-state index in [1.54, 1.807) is 18.0 Å². The molecule has 0 aliphatic rings. The number of pyridine rings is 1. The van der Waals surface area contributed by atoms with E-state index in [-0.39, 0.29) is 5.91 Å². The number of rotatable bonds is 6. The summed E-state index contributed by atoms with van der Waals surface area (Å²) >= 11 is 0. The normalized spacial score (nSPS) is 11.1. The Hall–Kier alpha value is -1.88. The van der Waals surface area contributed by atoms with Crippen LogP contribution in [0.3, 0.4) is 0 Å². The minimum atomic E-state index is 0.00327. The first-order valence-electron chi connectivity index (χ1n) is 6.58. The Kier molecular flexibility index (Phi) is 6.18. The lowest BCUT2D eigenvalue weighted by Crippen LogP contribution is -2.24. The Morgan fingerprint density at radius 1 is 1.20 bits per heavy atom. The molecule has 0 radical (unpaired) electrons. The second-order valence-electron chi connectivity index (χ2n) is 5.28. The maximum Gasteiger partial charge on any atom is 0.246 e. The van der Waals surface area contributed by atoms with Crippen LogP contribution in [0.4, 0.5) is 5.82 Å². The number of carbonyl (C=O) groups is 1. The van der Waals surface area contributed by atoms with Crippen molar-refractivity contribution < 1.29 is 4.79 Å². The summed E-state index contributed by atoms with van der Waals surface area (Å²) in [6.07, 6.45) is 5.29. The van der Waals surface area contributed by atoms with Crippen LogP contribution in [-0.4, -0.2) is 62.5 Å². The lowest BCUT2D eigenvalue weighted by molar-refractivity contribution is -0.125. The van der Waals surface area contributed by atoms with Crippen molar-refractivity contribution in [3.05, 3.63) is 36.0 Å². The number of likely N-dealkylation sites (N-methyl/N-ethyl adjacent to an activating group) is 2. The molecule has 1 amide bonds. The summed E-state index contributed by atoms with van der Waals surface area (Å²) in [5.41, 5.74) is 1.02. The van der Waals surface area contributed by atoms with E-state index in [1.165, 1.54) is 0 Å². The molecule has 0 aromatic carbocycles. The average molecular weight is 276 g/mol. The van der Waals surface area contributed by atoms with Crippen LogP contribution in [0.2, 0.25) is 0 Å². The Morgan fingerprint density at radius 2 is 1.90 bits per heavy atom. The molecule has 0 atom stereocenters. The van der Waals surface area contributed by atoms with Gasteiger partial charge in [0.1, 0.15) is 5.82 Å². The Morgan fingerprint density at radius 3 is 2.40 bits per heavy atom. The van der Waals surface area contributed by atoms with E-state index in [1.807, 2.05) is 62.4 Å². The fourth-order valence-electron chi connectivity index (χ4n) is 1.62. The van der Waals surface area contributed by atoms with E-state index in [0.717, 1.165) is 17.9 Å². The molecule has 1 rings (SSSR count). The van der Waals surface area contributed by atoms with Crippen molar-refractivity contribution in [2.75, 3.05) is 46.7 Å². The topological polar surface area (TPSA) is 39.7 Å². The summed E-state index contributed by atoms with van der Waals surface area (Å²) in [5, 5.41) is 0. The van der Waals surface area contributed by atoms with Gasteiger partial charge in [-0.15, -0.1) is 0 Å². The SMILES string of the molecule is CN(C)C/C=C/C(=O)N(C)Cc1ccc(N(C)C)nc1. The highest BCUT2D eigenvalue weighted by molar-refractivity contribution is 5.87. The Labute approximate surface area is 121 Å². The van der Waals surface area contributed by atoms with Crippen molar-refractivity contribution in [2.24, 2.45) is 0 Å². The van der Waals surface area contributed by atoms with Gasteiger partial charge < -0.3 is 14.7 Å². The van der Waals surface area contributed by atoms with Crippen LogP contribution >= 0.6 is 0 Å². The van der Waals surface area contributed by atoms with Crippen LogP contribution in [-0.2, 0) is 11.3 Å². The van der Waals surface area contributed by atoms with E-state index >= 15 is 0 Å². The summed E-state index contributed by atoms with van der Waals surface area (Å²) in [6, 6.07) is 3.95.